The summed E-state index contributed by atoms with van der Waals surface area (Å²) in [5.74, 6) is -0.492. The van der Waals surface area contributed by atoms with Gasteiger partial charge in [-0.2, -0.15) is 4.31 Å². The minimum absolute atomic E-state index is 0.0235. The fourth-order valence-electron chi connectivity index (χ4n) is 6.17. The Morgan fingerprint density at radius 1 is 1.02 bits per heavy atom. The smallest absolute Gasteiger partial charge is 0.321 e. The van der Waals surface area contributed by atoms with E-state index < -0.39 is 39.5 Å². The number of amides is 3. The number of rotatable bonds is 15. The second-order valence-electron chi connectivity index (χ2n) is 14.4. The van der Waals surface area contributed by atoms with Crippen LogP contribution in [-0.4, -0.2) is 100 Å². The predicted octanol–water partition coefficient (Wildman–Crippen LogP) is 4.29. The third kappa shape index (κ3) is 9.89. The first kappa shape index (κ1) is 38.5. The van der Waals surface area contributed by atoms with E-state index in [1.165, 1.54) is 34.8 Å². The zero-order valence-electron chi connectivity index (χ0n) is 29.7. The molecule has 1 unspecified atom stereocenters. The first-order valence-electron chi connectivity index (χ1n) is 16.9. The molecule has 270 valence electrons. The molecule has 0 aliphatic carbocycles. The van der Waals surface area contributed by atoms with Gasteiger partial charge in [-0.1, -0.05) is 88.3 Å². The molecule has 3 atom stereocenters. The van der Waals surface area contributed by atoms with E-state index in [1.807, 2.05) is 84.0 Å². The lowest BCUT2D eigenvalue weighted by Gasteiger charge is -2.38. The maximum Gasteiger partial charge on any atom is 0.321 e. The second-order valence-corrected chi connectivity index (χ2v) is 16.3. The number of carbonyl (C=O) groups is 2. The summed E-state index contributed by atoms with van der Waals surface area (Å²) < 4.78 is 29.0. The summed E-state index contributed by atoms with van der Waals surface area (Å²) >= 11 is 0. The molecule has 50 heavy (non-hydrogen) atoms. The van der Waals surface area contributed by atoms with Crippen LogP contribution in [0.1, 0.15) is 57.0 Å². The molecule has 1 fully saturated rings. The average Bonchev–Trinajstić information content (AvgIpc) is 3.40. The van der Waals surface area contributed by atoms with Crippen LogP contribution < -0.4 is 5.32 Å². The second kappa shape index (κ2) is 16.6. The summed E-state index contributed by atoms with van der Waals surface area (Å²) in [7, 11) is -4.06. The number of pyridine rings is 1. The Bertz CT molecular complexity index is 1710. The van der Waals surface area contributed by atoms with Crippen LogP contribution in [0.5, 0.6) is 0 Å². The van der Waals surface area contributed by atoms with E-state index in [9.17, 15) is 23.1 Å². The predicted molar refractivity (Wildman–Crippen MR) is 192 cm³/mol. The van der Waals surface area contributed by atoms with Gasteiger partial charge in [0.2, 0.25) is 15.9 Å². The van der Waals surface area contributed by atoms with Gasteiger partial charge >= 0.3 is 6.03 Å². The number of oxime groups is 1. The Hall–Kier alpha value is -4.33. The lowest BCUT2D eigenvalue weighted by Crippen LogP contribution is -2.59. The summed E-state index contributed by atoms with van der Waals surface area (Å²) in [6, 6.07) is 17.1. The highest BCUT2D eigenvalue weighted by Gasteiger charge is 2.44. The number of aliphatic hydroxyl groups is 1. The first-order valence-corrected chi connectivity index (χ1v) is 18.3. The number of carbonyl (C=O) groups excluding carboxylic acids is 2. The molecule has 1 aromatic heterocycles. The van der Waals surface area contributed by atoms with Gasteiger partial charge in [0.15, 0.2) is 0 Å². The first-order chi connectivity index (χ1) is 23.6. The lowest BCUT2D eigenvalue weighted by molar-refractivity contribution is -0.130. The number of benzene rings is 2. The molecule has 1 aliphatic heterocycles. The maximum atomic E-state index is 14.3. The van der Waals surface area contributed by atoms with Crippen LogP contribution in [0.25, 0.3) is 0 Å². The number of hydrogen-bond acceptors (Lipinski definition) is 8. The standard InChI is InChI=1S/C37H50N6O6S/c1-26(2)23-42(50(48,49)31-16-14-29(15-17-31)22-39-47)25-33(44)32(20-28-10-8-7-9-11-28)40-35(45)34(37(4,5)6)43-19-18-41(36(43)46)24-30-13-12-27(3)38-21-30/h7-17,21-22,26,32-34,44,47H,18-20,23-25H2,1-6H3,(H,40,45)/b39-22+/t32-,33+,34?/m0/s1. The number of nitrogens with zero attached hydrogens (tertiary/aromatic N) is 5. The van der Waals surface area contributed by atoms with Crippen LogP contribution in [0.2, 0.25) is 0 Å². The molecule has 0 spiro atoms. The molecular weight excluding hydrogens is 657 g/mol. The van der Waals surface area contributed by atoms with Crippen LogP contribution in [0, 0.1) is 18.3 Å². The van der Waals surface area contributed by atoms with Gasteiger partial charge in [-0.3, -0.25) is 9.78 Å². The van der Waals surface area contributed by atoms with E-state index in [4.69, 9.17) is 5.21 Å². The topological polar surface area (TPSA) is 156 Å². The van der Waals surface area contributed by atoms with Crippen molar-refractivity contribution in [3.63, 3.8) is 0 Å². The van der Waals surface area contributed by atoms with Crippen molar-refractivity contribution in [3.05, 3.63) is 95.3 Å². The molecule has 4 rings (SSSR count). The van der Waals surface area contributed by atoms with E-state index in [-0.39, 0.29) is 36.4 Å². The molecule has 0 bridgehead atoms. The third-order valence-electron chi connectivity index (χ3n) is 8.63. The van der Waals surface area contributed by atoms with Crippen molar-refractivity contribution in [3.8, 4) is 0 Å². The number of aliphatic hydroxyl groups excluding tert-OH is 1. The van der Waals surface area contributed by atoms with E-state index in [0.717, 1.165) is 16.8 Å². The van der Waals surface area contributed by atoms with Crippen LogP contribution in [0.3, 0.4) is 0 Å². The van der Waals surface area contributed by atoms with Gasteiger partial charge < -0.3 is 25.4 Å². The molecule has 1 aliphatic rings. The normalized spacial score (nSPS) is 16.0. The monoisotopic (exact) mass is 706 g/mol. The van der Waals surface area contributed by atoms with Gasteiger partial charge in [0, 0.05) is 44.6 Å². The fraction of sp³-hybridized carbons (Fsp3) is 0.459. The Morgan fingerprint density at radius 3 is 2.28 bits per heavy atom. The summed E-state index contributed by atoms with van der Waals surface area (Å²) in [4.78, 5) is 35.7. The summed E-state index contributed by atoms with van der Waals surface area (Å²) in [6.07, 6.45) is 1.88. The van der Waals surface area contributed by atoms with E-state index >= 15 is 0 Å². The molecule has 3 N–H and O–H groups in total. The molecule has 2 aromatic carbocycles. The quantitative estimate of drug-likeness (QED) is 0.121. The Morgan fingerprint density at radius 2 is 1.70 bits per heavy atom. The van der Waals surface area contributed by atoms with Crippen LogP contribution in [0.15, 0.2) is 83.0 Å². The highest BCUT2D eigenvalue weighted by atomic mass is 32.2. The van der Waals surface area contributed by atoms with E-state index in [2.05, 4.69) is 15.5 Å². The molecule has 1 saturated heterocycles. The number of nitrogens with one attached hydrogen (secondary N) is 1. The van der Waals surface area contributed by atoms with Crippen LogP contribution in [-0.2, 0) is 27.8 Å². The number of aryl methyl sites for hydroxylation is 1. The highest BCUT2D eigenvalue weighted by molar-refractivity contribution is 7.89. The van der Waals surface area contributed by atoms with Crippen LogP contribution >= 0.6 is 0 Å². The number of sulfonamides is 1. The average molecular weight is 707 g/mol. The van der Waals surface area contributed by atoms with Gasteiger partial charge in [-0.05, 0) is 59.6 Å². The van der Waals surface area contributed by atoms with Gasteiger partial charge in [0.05, 0.1) is 23.3 Å². The molecule has 12 nitrogen and oxygen atoms in total. The summed E-state index contributed by atoms with van der Waals surface area (Å²) in [6.45, 7) is 12.4. The molecular formula is C37H50N6O6S. The zero-order valence-corrected chi connectivity index (χ0v) is 30.5. The lowest BCUT2D eigenvalue weighted by atomic mass is 9.84. The number of aromatic nitrogens is 1. The van der Waals surface area contributed by atoms with Crippen molar-refractivity contribution in [1.82, 2.24) is 24.4 Å². The third-order valence-corrected chi connectivity index (χ3v) is 10.5. The summed E-state index contributed by atoms with van der Waals surface area (Å²) in [5.41, 5.74) is 2.48. The van der Waals surface area contributed by atoms with Crippen molar-refractivity contribution >= 4 is 28.2 Å². The molecule has 13 heteroatoms. The maximum absolute atomic E-state index is 14.3. The van der Waals surface area contributed by atoms with Crippen molar-refractivity contribution in [2.45, 2.75) is 77.6 Å². The number of urea groups is 1. The highest BCUT2D eigenvalue weighted by Crippen LogP contribution is 2.29. The fourth-order valence-corrected chi connectivity index (χ4v) is 7.79. The zero-order chi connectivity index (χ0) is 36.6. The van der Waals surface area contributed by atoms with Crippen LogP contribution in [0.4, 0.5) is 4.79 Å². The Kier molecular flexibility index (Phi) is 12.8. The van der Waals surface area contributed by atoms with Crippen molar-refractivity contribution in [2.24, 2.45) is 16.5 Å². The van der Waals surface area contributed by atoms with Gasteiger partial charge in [-0.25, -0.2) is 13.2 Å². The summed E-state index contributed by atoms with van der Waals surface area (Å²) in [5, 5.41) is 26.7. The molecule has 0 radical (unpaired) electrons. The minimum Gasteiger partial charge on any atom is -0.411 e. The SMILES string of the molecule is Cc1ccc(CN2CCN(C(C(=O)N[C@@H](Cc3ccccc3)[C@H](O)CN(CC(C)C)S(=O)(=O)c3ccc(/C=N/O)cc3)C(C)(C)C)C2=O)cn1. The minimum atomic E-state index is -4.06. The van der Waals surface area contributed by atoms with Crippen molar-refractivity contribution in [1.29, 1.82) is 0 Å². The molecule has 3 aromatic rings. The Labute approximate surface area is 295 Å². The van der Waals surface area contributed by atoms with Crippen molar-refractivity contribution < 1.29 is 28.3 Å². The van der Waals surface area contributed by atoms with E-state index in [0.29, 0.717) is 25.2 Å². The van der Waals surface area contributed by atoms with E-state index in [1.54, 1.807) is 16.0 Å². The Balaban J connectivity index is 1.59. The largest absolute Gasteiger partial charge is 0.411 e. The van der Waals surface area contributed by atoms with Gasteiger partial charge in [-0.15, -0.1) is 0 Å². The molecule has 3 amide bonds. The molecule has 2 heterocycles. The van der Waals surface area contributed by atoms with Crippen molar-refractivity contribution in [2.75, 3.05) is 26.2 Å². The number of hydrogen-bond donors (Lipinski definition) is 3. The van der Waals surface area contributed by atoms with Gasteiger partial charge in [0.1, 0.15) is 6.04 Å². The van der Waals surface area contributed by atoms with Gasteiger partial charge in [0.25, 0.3) is 0 Å². The molecule has 0 saturated carbocycles.